The highest BCUT2D eigenvalue weighted by atomic mass is 16.1. The Balaban J connectivity index is 2.35. The van der Waals surface area contributed by atoms with Crippen LogP contribution >= 0.6 is 0 Å². The molecule has 19 heavy (non-hydrogen) atoms. The summed E-state index contributed by atoms with van der Waals surface area (Å²) in [7, 11) is 3.88. The van der Waals surface area contributed by atoms with Gasteiger partial charge in [0.15, 0.2) is 5.78 Å². The average molecular weight is 251 g/mol. The van der Waals surface area contributed by atoms with Gasteiger partial charge in [-0.25, -0.2) is 0 Å². The van der Waals surface area contributed by atoms with E-state index in [0.717, 1.165) is 11.3 Å². The molecule has 0 bridgehead atoms. The first-order valence-corrected chi connectivity index (χ1v) is 6.22. The Kier molecular flexibility index (Phi) is 4.14. The van der Waals surface area contributed by atoms with E-state index < -0.39 is 0 Å². The molecular weight excluding hydrogens is 234 g/mol. The van der Waals surface area contributed by atoms with E-state index >= 15 is 0 Å². The molecule has 0 aromatic heterocycles. The number of hydrogen-bond donors (Lipinski definition) is 0. The third-order valence-electron chi connectivity index (χ3n) is 2.88. The molecule has 0 heterocycles. The van der Waals surface area contributed by atoms with Gasteiger partial charge >= 0.3 is 0 Å². The second-order valence-corrected chi connectivity index (χ2v) is 4.52. The van der Waals surface area contributed by atoms with Crippen LogP contribution in [0, 0.1) is 0 Å². The van der Waals surface area contributed by atoms with Crippen molar-refractivity contribution < 1.29 is 4.79 Å². The molecule has 0 saturated carbocycles. The maximum Gasteiger partial charge on any atom is 0.187 e. The van der Waals surface area contributed by atoms with E-state index in [2.05, 4.69) is 0 Å². The summed E-state index contributed by atoms with van der Waals surface area (Å²) in [5.74, 6) is 0.0214. The van der Waals surface area contributed by atoms with Crippen LogP contribution in [0.1, 0.15) is 15.9 Å². The number of ketones is 1. The summed E-state index contributed by atoms with van der Waals surface area (Å²) in [4.78, 5) is 14.2. The molecule has 0 atom stereocenters. The third-order valence-corrected chi connectivity index (χ3v) is 2.88. The van der Waals surface area contributed by atoms with Crippen molar-refractivity contribution in [1.29, 1.82) is 0 Å². The number of hydrogen-bond acceptors (Lipinski definition) is 2. The van der Waals surface area contributed by atoms with E-state index in [0.29, 0.717) is 5.56 Å². The zero-order valence-corrected chi connectivity index (χ0v) is 11.2. The zero-order valence-electron chi connectivity index (χ0n) is 11.2. The number of carbonyl (C=O) groups excluding carboxylic acids is 1. The Morgan fingerprint density at radius 2 is 1.32 bits per heavy atom. The Morgan fingerprint density at radius 3 is 1.79 bits per heavy atom. The van der Waals surface area contributed by atoms with Crippen LogP contribution in [-0.4, -0.2) is 24.8 Å². The molecule has 0 aliphatic carbocycles. The summed E-state index contributed by atoms with van der Waals surface area (Å²) in [6.07, 6.45) is 1.69. The summed E-state index contributed by atoms with van der Waals surface area (Å²) in [6.45, 7) is 0. The molecule has 0 unspecified atom stereocenters. The number of carbonyl (C=O) groups is 1. The maximum absolute atomic E-state index is 12.2. The normalized spacial score (nSPS) is 11.2. The van der Waals surface area contributed by atoms with Crippen molar-refractivity contribution in [3.63, 3.8) is 0 Å². The van der Waals surface area contributed by atoms with Crippen LogP contribution < -0.4 is 0 Å². The second-order valence-electron chi connectivity index (χ2n) is 4.52. The van der Waals surface area contributed by atoms with Gasteiger partial charge in [-0.15, -0.1) is 0 Å². The van der Waals surface area contributed by atoms with Crippen molar-refractivity contribution >= 4 is 11.5 Å². The van der Waals surface area contributed by atoms with Crippen molar-refractivity contribution in [2.75, 3.05) is 14.1 Å². The molecule has 0 N–H and O–H groups in total. The molecule has 0 spiro atoms. The first-order chi connectivity index (χ1) is 9.18. The smallest absolute Gasteiger partial charge is 0.187 e. The standard InChI is InChI=1S/C17H17NO/c1-18(2)16(14-9-5-3-6-10-14)13-17(19)15-11-7-4-8-12-15/h3-13H,1-2H3. The first-order valence-electron chi connectivity index (χ1n) is 6.22. The molecule has 0 aliphatic heterocycles. The van der Waals surface area contributed by atoms with E-state index in [1.54, 1.807) is 6.08 Å². The molecule has 0 radical (unpaired) electrons. The number of rotatable bonds is 4. The highest BCUT2D eigenvalue weighted by Crippen LogP contribution is 2.17. The lowest BCUT2D eigenvalue weighted by atomic mass is 10.1. The van der Waals surface area contributed by atoms with E-state index in [-0.39, 0.29) is 5.78 Å². The molecular formula is C17H17NO. The Morgan fingerprint density at radius 1 is 0.842 bits per heavy atom. The van der Waals surface area contributed by atoms with Gasteiger partial charge in [-0.1, -0.05) is 60.7 Å². The Labute approximate surface area is 114 Å². The average Bonchev–Trinajstić information content (AvgIpc) is 2.46. The van der Waals surface area contributed by atoms with Crippen molar-refractivity contribution in [1.82, 2.24) is 4.90 Å². The SMILES string of the molecule is CN(C)C(=CC(=O)c1ccccc1)c1ccccc1. The lowest BCUT2D eigenvalue weighted by Gasteiger charge is -2.17. The van der Waals surface area contributed by atoms with Crippen molar-refractivity contribution in [3.8, 4) is 0 Å². The maximum atomic E-state index is 12.2. The molecule has 2 nitrogen and oxygen atoms in total. The van der Waals surface area contributed by atoms with Gasteiger partial charge in [0, 0.05) is 31.4 Å². The van der Waals surface area contributed by atoms with E-state index in [9.17, 15) is 4.79 Å². The second kappa shape index (κ2) is 6.01. The Bertz CT molecular complexity index is 571. The summed E-state index contributed by atoms with van der Waals surface area (Å²) in [5.41, 5.74) is 2.66. The molecule has 2 heteroatoms. The molecule has 2 aromatic rings. The van der Waals surface area contributed by atoms with Crippen LogP contribution in [0.5, 0.6) is 0 Å². The summed E-state index contributed by atoms with van der Waals surface area (Å²) < 4.78 is 0. The van der Waals surface area contributed by atoms with Crippen molar-refractivity contribution in [2.45, 2.75) is 0 Å². The van der Waals surface area contributed by atoms with Gasteiger partial charge in [-0.05, 0) is 5.56 Å². The van der Waals surface area contributed by atoms with E-state index in [4.69, 9.17) is 0 Å². The van der Waals surface area contributed by atoms with Gasteiger partial charge in [-0.3, -0.25) is 4.79 Å². The van der Waals surface area contributed by atoms with Crippen LogP contribution in [0.3, 0.4) is 0 Å². The van der Waals surface area contributed by atoms with Gasteiger partial charge in [0.2, 0.25) is 0 Å². The largest absolute Gasteiger partial charge is 0.377 e. The predicted molar refractivity (Wildman–Crippen MR) is 78.9 cm³/mol. The number of allylic oxidation sites excluding steroid dienone is 1. The van der Waals surface area contributed by atoms with E-state index in [1.807, 2.05) is 79.7 Å². The van der Waals surface area contributed by atoms with Crippen LogP contribution in [0.2, 0.25) is 0 Å². The molecule has 0 fully saturated rings. The minimum atomic E-state index is 0.0214. The van der Waals surface area contributed by atoms with Gasteiger partial charge in [0.05, 0.1) is 0 Å². The molecule has 0 amide bonds. The molecule has 2 rings (SSSR count). The van der Waals surface area contributed by atoms with Crippen LogP contribution in [0.25, 0.3) is 5.70 Å². The predicted octanol–water partition coefficient (Wildman–Crippen LogP) is 3.47. The summed E-state index contributed by atoms with van der Waals surface area (Å²) >= 11 is 0. The van der Waals surface area contributed by atoms with Crippen LogP contribution in [0.15, 0.2) is 66.7 Å². The first kappa shape index (κ1) is 13.1. The zero-order chi connectivity index (χ0) is 13.7. The number of benzene rings is 2. The van der Waals surface area contributed by atoms with Gasteiger partial charge in [0.1, 0.15) is 0 Å². The lowest BCUT2D eigenvalue weighted by molar-refractivity contribution is 0.104. The molecule has 2 aromatic carbocycles. The topological polar surface area (TPSA) is 20.3 Å². The fourth-order valence-corrected chi connectivity index (χ4v) is 1.89. The van der Waals surface area contributed by atoms with Crippen molar-refractivity contribution in [3.05, 3.63) is 77.9 Å². The third kappa shape index (κ3) is 3.32. The minimum Gasteiger partial charge on any atom is -0.377 e. The molecule has 0 aliphatic rings. The fourth-order valence-electron chi connectivity index (χ4n) is 1.89. The Hall–Kier alpha value is -2.35. The van der Waals surface area contributed by atoms with Crippen LogP contribution in [-0.2, 0) is 0 Å². The van der Waals surface area contributed by atoms with Crippen molar-refractivity contribution in [2.24, 2.45) is 0 Å². The quantitative estimate of drug-likeness (QED) is 0.612. The fraction of sp³-hybridized carbons (Fsp3) is 0.118. The summed E-state index contributed by atoms with van der Waals surface area (Å²) in [5, 5.41) is 0. The monoisotopic (exact) mass is 251 g/mol. The molecule has 96 valence electrons. The lowest BCUT2D eigenvalue weighted by Crippen LogP contribution is -2.12. The summed E-state index contributed by atoms with van der Waals surface area (Å²) in [6, 6.07) is 19.2. The highest BCUT2D eigenvalue weighted by molar-refractivity contribution is 6.08. The van der Waals surface area contributed by atoms with Gasteiger partial charge < -0.3 is 4.90 Å². The number of nitrogens with zero attached hydrogens (tertiary/aromatic N) is 1. The van der Waals surface area contributed by atoms with Gasteiger partial charge in [-0.2, -0.15) is 0 Å². The van der Waals surface area contributed by atoms with E-state index in [1.165, 1.54) is 0 Å². The minimum absolute atomic E-state index is 0.0214. The van der Waals surface area contributed by atoms with Crippen LogP contribution in [0.4, 0.5) is 0 Å². The highest BCUT2D eigenvalue weighted by Gasteiger charge is 2.08. The van der Waals surface area contributed by atoms with Gasteiger partial charge in [0.25, 0.3) is 0 Å². The molecule has 0 saturated heterocycles.